The number of aromatic nitrogens is 2. The number of anilines is 1. The van der Waals surface area contributed by atoms with Crippen molar-refractivity contribution in [2.45, 2.75) is 13.1 Å². The molecule has 0 fully saturated rings. The second-order valence-electron chi connectivity index (χ2n) is 4.86. The summed E-state index contributed by atoms with van der Waals surface area (Å²) in [7, 11) is 2.03. The second kappa shape index (κ2) is 5.30. The Hall–Kier alpha value is -2.40. The minimum Gasteiger partial charge on any atom is -0.439 e. The lowest BCUT2D eigenvalue weighted by atomic mass is 10.2. The van der Waals surface area contributed by atoms with E-state index in [4.69, 9.17) is 10.2 Å². The normalized spacial score (nSPS) is 11.3. The topological polar surface area (TPSA) is 68.2 Å². The van der Waals surface area contributed by atoms with Gasteiger partial charge in [0.2, 0.25) is 5.89 Å². The van der Waals surface area contributed by atoms with Crippen LogP contribution < -0.4 is 5.73 Å². The highest BCUT2D eigenvalue weighted by Crippen LogP contribution is 2.19. The molecule has 0 unspecified atom stereocenters. The van der Waals surface area contributed by atoms with E-state index in [1.54, 1.807) is 18.5 Å². The summed E-state index contributed by atoms with van der Waals surface area (Å²) in [6.45, 7) is 1.47. The molecule has 0 saturated heterocycles. The van der Waals surface area contributed by atoms with Crippen molar-refractivity contribution in [1.82, 2.24) is 14.9 Å². The molecule has 0 aliphatic rings. The molecule has 2 N–H and O–H groups in total. The van der Waals surface area contributed by atoms with E-state index in [2.05, 4.69) is 14.9 Å². The van der Waals surface area contributed by atoms with Gasteiger partial charge >= 0.3 is 0 Å². The summed E-state index contributed by atoms with van der Waals surface area (Å²) >= 11 is 0. The quantitative estimate of drug-likeness (QED) is 0.736. The number of benzene rings is 1. The van der Waals surface area contributed by atoms with Crippen LogP contribution in [0.4, 0.5) is 5.69 Å². The fourth-order valence-electron chi connectivity index (χ4n) is 2.14. The van der Waals surface area contributed by atoms with Gasteiger partial charge in [-0.3, -0.25) is 9.88 Å². The highest BCUT2D eigenvalue weighted by atomic mass is 16.3. The van der Waals surface area contributed by atoms with Crippen LogP contribution >= 0.6 is 0 Å². The largest absolute Gasteiger partial charge is 0.439 e. The van der Waals surface area contributed by atoms with Gasteiger partial charge in [-0.15, -0.1) is 0 Å². The van der Waals surface area contributed by atoms with Crippen LogP contribution in [0.15, 0.2) is 47.1 Å². The van der Waals surface area contributed by atoms with Crippen molar-refractivity contribution in [3.63, 3.8) is 0 Å². The second-order valence-corrected chi connectivity index (χ2v) is 4.86. The van der Waals surface area contributed by atoms with Gasteiger partial charge in [-0.05, 0) is 36.9 Å². The number of hydrogen-bond donors (Lipinski definition) is 1. The Bertz CT molecular complexity index is 708. The molecule has 2 aromatic heterocycles. The first kappa shape index (κ1) is 12.6. The van der Waals surface area contributed by atoms with Crippen LogP contribution in [0.3, 0.4) is 0 Å². The molecule has 0 aliphatic carbocycles. The van der Waals surface area contributed by atoms with E-state index in [1.165, 1.54) is 5.56 Å². The van der Waals surface area contributed by atoms with Crippen LogP contribution in [0.1, 0.15) is 11.5 Å². The van der Waals surface area contributed by atoms with E-state index in [9.17, 15) is 0 Å². The zero-order valence-corrected chi connectivity index (χ0v) is 11.3. The van der Waals surface area contributed by atoms with Crippen LogP contribution in [0.25, 0.3) is 11.1 Å². The number of pyridine rings is 1. The van der Waals surface area contributed by atoms with Crippen LogP contribution in [-0.4, -0.2) is 21.9 Å². The Morgan fingerprint density at radius 2 is 1.95 bits per heavy atom. The van der Waals surface area contributed by atoms with E-state index < -0.39 is 0 Å². The molecule has 102 valence electrons. The Kier molecular flexibility index (Phi) is 3.35. The minimum atomic E-state index is 0.650. The molecule has 1 aromatic carbocycles. The molecule has 5 nitrogen and oxygen atoms in total. The predicted octanol–water partition coefficient (Wildman–Crippen LogP) is 2.44. The van der Waals surface area contributed by atoms with Gasteiger partial charge in [-0.1, -0.05) is 0 Å². The van der Waals surface area contributed by atoms with Crippen molar-refractivity contribution in [3.05, 3.63) is 54.2 Å². The summed E-state index contributed by atoms with van der Waals surface area (Å²) in [6, 6.07) is 9.51. The summed E-state index contributed by atoms with van der Waals surface area (Å²) in [4.78, 5) is 10.6. The van der Waals surface area contributed by atoms with Crippen molar-refractivity contribution < 1.29 is 4.42 Å². The first-order valence-corrected chi connectivity index (χ1v) is 6.43. The smallest absolute Gasteiger partial charge is 0.209 e. The third kappa shape index (κ3) is 2.78. The van der Waals surface area contributed by atoms with Gasteiger partial charge in [-0.25, -0.2) is 4.98 Å². The number of hydrogen-bond acceptors (Lipinski definition) is 5. The van der Waals surface area contributed by atoms with Crippen molar-refractivity contribution in [2.24, 2.45) is 0 Å². The van der Waals surface area contributed by atoms with Gasteiger partial charge in [0.15, 0.2) is 5.58 Å². The number of rotatable bonds is 4. The molecular weight excluding hydrogens is 252 g/mol. The number of fused-ring (bicyclic) bond motifs is 1. The third-order valence-electron chi connectivity index (χ3n) is 3.06. The molecule has 0 saturated carbocycles. The van der Waals surface area contributed by atoms with E-state index in [0.29, 0.717) is 18.1 Å². The standard InChI is InChI=1S/C15H16N4O/c1-19(9-11-4-6-17-7-5-11)10-15-18-13-3-2-12(16)8-14(13)20-15/h2-8H,9-10,16H2,1H3. The molecule has 3 rings (SSSR count). The Labute approximate surface area is 117 Å². The number of nitrogens with zero attached hydrogens (tertiary/aromatic N) is 3. The van der Waals surface area contributed by atoms with Crippen LogP contribution in [0.2, 0.25) is 0 Å². The van der Waals surface area contributed by atoms with Gasteiger partial charge in [0.25, 0.3) is 0 Å². The first-order chi connectivity index (χ1) is 9.70. The molecule has 0 aliphatic heterocycles. The van der Waals surface area contributed by atoms with E-state index in [-0.39, 0.29) is 0 Å². The lowest BCUT2D eigenvalue weighted by Crippen LogP contribution is -2.17. The summed E-state index contributed by atoms with van der Waals surface area (Å²) in [5, 5.41) is 0. The number of nitrogen functional groups attached to an aromatic ring is 1. The monoisotopic (exact) mass is 268 g/mol. The van der Waals surface area contributed by atoms with Crippen molar-refractivity contribution in [2.75, 3.05) is 12.8 Å². The van der Waals surface area contributed by atoms with Gasteiger partial charge in [0, 0.05) is 30.7 Å². The van der Waals surface area contributed by atoms with Crippen LogP contribution in [0, 0.1) is 0 Å². The lowest BCUT2D eigenvalue weighted by molar-refractivity contribution is 0.285. The minimum absolute atomic E-state index is 0.650. The summed E-state index contributed by atoms with van der Waals surface area (Å²) in [5.74, 6) is 0.696. The molecule has 0 radical (unpaired) electrons. The van der Waals surface area contributed by atoms with Gasteiger partial charge in [0.1, 0.15) is 5.52 Å². The molecule has 5 heteroatoms. The zero-order valence-electron chi connectivity index (χ0n) is 11.3. The highest BCUT2D eigenvalue weighted by molar-refractivity contribution is 5.76. The summed E-state index contributed by atoms with van der Waals surface area (Å²) in [5.41, 5.74) is 9.20. The SMILES string of the molecule is CN(Cc1ccncc1)Cc1nc2ccc(N)cc2o1. The van der Waals surface area contributed by atoms with Crippen LogP contribution in [0.5, 0.6) is 0 Å². The van der Waals surface area contributed by atoms with Gasteiger partial charge in [-0.2, -0.15) is 0 Å². The fourth-order valence-corrected chi connectivity index (χ4v) is 2.14. The fraction of sp³-hybridized carbons (Fsp3) is 0.200. The maximum Gasteiger partial charge on any atom is 0.209 e. The van der Waals surface area contributed by atoms with E-state index in [0.717, 1.165) is 17.6 Å². The molecular formula is C15H16N4O. The highest BCUT2D eigenvalue weighted by Gasteiger charge is 2.09. The molecule has 20 heavy (non-hydrogen) atoms. The third-order valence-corrected chi connectivity index (χ3v) is 3.06. The molecule has 2 heterocycles. The average molecular weight is 268 g/mol. The number of oxazole rings is 1. The maximum atomic E-state index is 5.73. The van der Waals surface area contributed by atoms with Crippen molar-refractivity contribution in [1.29, 1.82) is 0 Å². The summed E-state index contributed by atoms with van der Waals surface area (Å²) in [6.07, 6.45) is 3.59. The van der Waals surface area contributed by atoms with E-state index in [1.807, 2.05) is 31.3 Å². The Morgan fingerprint density at radius 3 is 2.75 bits per heavy atom. The number of nitrogens with two attached hydrogens (primary N) is 1. The first-order valence-electron chi connectivity index (χ1n) is 6.43. The maximum absolute atomic E-state index is 5.73. The predicted molar refractivity (Wildman–Crippen MR) is 77.8 cm³/mol. The van der Waals surface area contributed by atoms with Crippen molar-refractivity contribution >= 4 is 16.8 Å². The Morgan fingerprint density at radius 1 is 1.15 bits per heavy atom. The summed E-state index contributed by atoms with van der Waals surface area (Å²) < 4.78 is 5.71. The average Bonchev–Trinajstić information content (AvgIpc) is 2.80. The molecule has 0 bridgehead atoms. The lowest BCUT2D eigenvalue weighted by Gasteiger charge is -2.13. The van der Waals surface area contributed by atoms with E-state index >= 15 is 0 Å². The molecule has 3 aromatic rings. The molecule has 0 spiro atoms. The Balaban J connectivity index is 1.72. The van der Waals surface area contributed by atoms with Gasteiger partial charge in [0.05, 0.1) is 6.54 Å². The zero-order chi connectivity index (χ0) is 13.9. The van der Waals surface area contributed by atoms with Crippen LogP contribution in [-0.2, 0) is 13.1 Å². The van der Waals surface area contributed by atoms with Crippen molar-refractivity contribution in [3.8, 4) is 0 Å². The molecule has 0 atom stereocenters. The van der Waals surface area contributed by atoms with Gasteiger partial charge < -0.3 is 10.2 Å². The molecule has 0 amide bonds.